The number of hydrogen-bond acceptors (Lipinski definition) is 4. The van der Waals surface area contributed by atoms with Crippen molar-refractivity contribution in [1.29, 1.82) is 0 Å². The Labute approximate surface area is 102 Å². The standard InChI is InChI=1S/C13H9NO2S/c15-13-10(14-12-6-3-7-17-12)8-9-4-1-2-5-11(9)16-13/h1-7H,8H2. The number of aliphatic imine (C=N–C) groups is 1. The van der Waals surface area contributed by atoms with Crippen molar-refractivity contribution in [1.82, 2.24) is 0 Å². The van der Waals surface area contributed by atoms with Gasteiger partial charge in [-0.3, -0.25) is 0 Å². The Bertz CT molecular complexity index is 587. The molecule has 2 aromatic rings. The smallest absolute Gasteiger partial charge is 0.358 e. The molecule has 17 heavy (non-hydrogen) atoms. The lowest BCUT2D eigenvalue weighted by atomic mass is 10.0. The molecule has 84 valence electrons. The van der Waals surface area contributed by atoms with Gasteiger partial charge >= 0.3 is 5.97 Å². The molecule has 0 fully saturated rings. The lowest BCUT2D eigenvalue weighted by molar-refractivity contribution is -0.127. The quantitative estimate of drug-likeness (QED) is 0.570. The van der Waals surface area contributed by atoms with Crippen molar-refractivity contribution in [2.24, 2.45) is 4.99 Å². The van der Waals surface area contributed by atoms with Crippen molar-refractivity contribution in [3.8, 4) is 5.75 Å². The van der Waals surface area contributed by atoms with Crippen LogP contribution in [-0.4, -0.2) is 11.7 Å². The molecule has 1 aromatic heterocycles. The summed E-state index contributed by atoms with van der Waals surface area (Å²) < 4.78 is 5.23. The summed E-state index contributed by atoms with van der Waals surface area (Å²) in [5, 5.41) is 2.76. The van der Waals surface area contributed by atoms with E-state index in [0.29, 0.717) is 17.9 Å². The normalized spacial score (nSPS) is 16.7. The first-order valence-corrected chi connectivity index (χ1v) is 6.12. The Morgan fingerprint density at radius 3 is 2.88 bits per heavy atom. The molecule has 0 radical (unpaired) electrons. The van der Waals surface area contributed by atoms with Gasteiger partial charge in [0.2, 0.25) is 0 Å². The summed E-state index contributed by atoms with van der Waals surface area (Å²) in [7, 11) is 0. The topological polar surface area (TPSA) is 38.7 Å². The summed E-state index contributed by atoms with van der Waals surface area (Å²) in [5.74, 6) is 0.291. The summed E-state index contributed by atoms with van der Waals surface area (Å²) in [6, 6.07) is 11.3. The molecule has 3 nitrogen and oxygen atoms in total. The van der Waals surface area contributed by atoms with E-state index in [1.165, 1.54) is 11.3 Å². The molecule has 2 heterocycles. The molecule has 1 aliphatic heterocycles. The third-order valence-electron chi connectivity index (χ3n) is 2.52. The summed E-state index contributed by atoms with van der Waals surface area (Å²) >= 11 is 1.50. The van der Waals surface area contributed by atoms with Crippen molar-refractivity contribution in [3.63, 3.8) is 0 Å². The summed E-state index contributed by atoms with van der Waals surface area (Å²) in [6.45, 7) is 0. The Balaban J connectivity index is 1.97. The van der Waals surface area contributed by atoms with Gasteiger partial charge in [-0.25, -0.2) is 9.79 Å². The van der Waals surface area contributed by atoms with Crippen molar-refractivity contribution in [3.05, 3.63) is 47.3 Å². The Hall–Kier alpha value is -1.94. The highest BCUT2D eigenvalue weighted by atomic mass is 32.1. The Morgan fingerprint density at radius 1 is 1.18 bits per heavy atom. The van der Waals surface area contributed by atoms with Crippen LogP contribution in [0.4, 0.5) is 5.00 Å². The van der Waals surface area contributed by atoms with Crippen LogP contribution in [0.1, 0.15) is 5.56 Å². The predicted molar refractivity (Wildman–Crippen MR) is 67.2 cm³/mol. The van der Waals surface area contributed by atoms with E-state index in [1.54, 1.807) is 6.07 Å². The fraction of sp³-hybridized carbons (Fsp3) is 0.0769. The first-order valence-electron chi connectivity index (χ1n) is 5.24. The second-order valence-corrected chi connectivity index (χ2v) is 4.61. The van der Waals surface area contributed by atoms with Crippen LogP contribution in [0.5, 0.6) is 5.75 Å². The molecule has 0 bridgehead atoms. The van der Waals surface area contributed by atoms with Gasteiger partial charge in [0.25, 0.3) is 0 Å². The monoisotopic (exact) mass is 243 g/mol. The molecule has 1 aromatic carbocycles. The van der Waals surface area contributed by atoms with E-state index < -0.39 is 0 Å². The number of para-hydroxylation sites is 1. The van der Waals surface area contributed by atoms with Crippen molar-refractivity contribution in [2.45, 2.75) is 6.42 Å². The Morgan fingerprint density at radius 2 is 2.06 bits per heavy atom. The van der Waals surface area contributed by atoms with E-state index in [0.717, 1.165) is 10.6 Å². The van der Waals surface area contributed by atoms with Crippen LogP contribution in [0.25, 0.3) is 0 Å². The van der Waals surface area contributed by atoms with E-state index >= 15 is 0 Å². The van der Waals surface area contributed by atoms with Crippen molar-refractivity contribution < 1.29 is 9.53 Å². The van der Waals surface area contributed by atoms with Gasteiger partial charge in [0.05, 0.1) is 0 Å². The molecule has 1 aliphatic rings. The fourth-order valence-corrected chi connectivity index (χ4v) is 2.33. The number of nitrogens with zero attached hydrogens (tertiary/aromatic N) is 1. The van der Waals surface area contributed by atoms with Crippen LogP contribution in [0.15, 0.2) is 46.8 Å². The van der Waals surface area contributed by atoms with Gasteiger partial charge in [-0.15, -0.1) is 11.3 Å². The minimum Gasteiger partial charge on any atom is -0.422 e. The van der Waals surface area contributed by atoms with Crippen LogP contribution in [0.2, 0.25) is 0 Å². The lowest BCUT2D eigenvalue weighted by Gasteiger charge is -2.16. The zero-order chi connectivity index (χ0) is 11.7. The van der Waals surface area contributed by atoms with Crippen LogP contribution in [0.3, 0.4) is 0 Å². The van der Waals surface area contributed by atoms with Crippen LogP contribution >= 0.6 is 11.3 Å². The van der Waals surface area contributed by atoms with E-state index in [1.807, 2.05) is 35.7 Å². The van der Waals surface area contributed by atoms with Gasteiger partial charge in [0.1, 0.15) is 16.5 Å². The van der Waals surface area contributed by atoms with Gasteiger partial charge in [0.15, 0.2) is 0 Å². The number of hydrogen-bond donors (Lipinski definition) is 0. The molecule has 3 rings (SSSR count). The summed E-state index contributed by atoms with van der Waals surface area (Å²) in [4.78, 5) is 16.1. The van der Waals surface area contributed by atoms with Crippen LogP contribution in [-0.2, 0) is 11.2 Å². The van der Waals surface area contributed by atoms with E-state index in [2.05, 4.69) is 4.99 Å². The predicted octanol–water partition coefficient (Wildman–Crippen LogP) is 2.98. The Kier molecular flexibility index (Phi) is 2.49. The highest BCUT2D eigenvalue weighted by molar-refractivity contribution is 7.13. The number of fused-ring (bicyclic) bond motifs is 1. The zero-order valence-electron chi connectivity index (χ0n) is 8.92. The molecule has 0 N–H and O–H groups in total. The molecular formula is C13H9NO2S. The molecule has 0 amide bonds. The van der Waals surface area contributed by atoms with E-state index in [9.17, 15) is 4.79 Å². The second-order valence-electron chi connectivity index (χ2n) is 3.68. The van der Waals surface area contributed by atoms with Crippen LogP contribution < -0.4 is 4.74 Å². The number of thiophene rings is 1. The van der Waals surface area contributed by atoms with Crippen molar-refractivity contribution >= 4 is 28.0 Å². The second kappa shape index (κ2) is 4.14. The van der Waals surface area contributed by atoms with Gasteiger partial charge in [0, 0.05) is 12.0 Å². The molecular weight excluding hydrogens is 234 g/mol. The van der Waals surface area contributed by atoms with Gasteiger partial charge in [-0.1, -0.05) is 18.2 Å². The maximum Gasteiger partial charge on any atom is 0.358 e. The van der Waals surface area contributed by atoms with E-state index in [4.69, 9.17) is 4.74 Å². The third kappa shape index (κ3) is 1.99. The molecule has 0 spiro atoms. The molecule has 0 atom stereocenters. The third-order valence-corrected chi connectivity index (χ3v) is 3.28. The minimum atomic E-state index is -0.350. The van der Waals surface area contributed by atoms with Gasteiger partial charge < -0.3 is 4.74 Å². The fourth-order valence-electron chi connectivity index (χ4n) is 1.71. The highest BCUT2D eigenvalue weighted by Gasteiger charge is 2.23. The van der Waals surface area contributed by atoms with Crippen LogP contribution in [0, 0.1) is 0 Å². The first kappa shape index (κ1) is 10.2. The van der Waals surface area contributed by atoms with Gasteiger partial charge in [-0.05, 0) is 23.6 Å². The lowest BCUT2D eigenvalue weighted by Crippen LogP contribution is -2.27. The first-order chi connectivity index (χ1) is 8.33. The number of benzene rings is 1. The van der Waals surface area contributed by atoms with Crippen molar-refractivity contribution in [2.75, 3.05) is 0 Å². The average Bonchev–Trinajstić information content (AvgIpc) is 2.83. The molecule has 0 aliphatic carbocycles. The number of carbonyl (C=O) groups is 1. The SMILES string of the molecule is O=C1Oc2ccccc2CC1=Nc1cccs1. The van der Waals surface area contributed by atoms with Gasteiger partial charge in [-0.2, -0.15) is 0 Å². The highest BCUT2D eigenvalue weighted by Crippen LogP contribution is 2.26. The largest absolute Gasteiger partial charge is 0.422 e. The average molecular weight is 243 g/mol. The summed E-state index contributed by atoms with van der Waals surface area (Å²) in [5.41, 5.74) is 1.47. The number of carbonyl (C=O) groups excluding carboxylic acids is 1. The molecule has 4 heteroatoms. The maximum atomic E-state index is 11.7. The maximum absolute atomic E-state index is 11.7. The van der Waals surface area contributed by atoms with E-state index in [-0.39, 0.29) is 5.97 Å². The number of rotatable bonds is 1. The summed E-state index contributed by atoms with van der Waals surface area (Å²) in [6.07, 6.45) is 0.535. The number of ether oxygens (including phenoxy) is 1. The molecule has 0 saturated carbocycles. The molecule has 0 unspecified atom stereocenters. The number of esters is 1. The minimum absolute atomic E-state index is 0.350. The zero-order valence-corrected chi connectivity index (χ0v) is 9.74. The molecule has 0 saturated heterocycles.